The van der Waals surface area contributed by atoms with Crippen molar-refractivity contribution in [2.24, 2.45) is 0 Å². The molecule has 0 saturated carbocycles. The molecule has 2 nitrogen and oxygen atoms in total. The van der Waals surface area contributed by atoms with Gasteiger partial charge in [0, 0.05) is 5.56 Å². The van der Waals surface area contributed by atoms with Gasteiger partial charge in [-0.1, -0.05) is 17.7 Å². The van der Waals surface area contributed by atoms with Gasteiger partial charge in [0.1, 0.15) is 5.82 Å². The molecule has 0 amide bonds. The number of nitrogens with one attached hydrogen (secondary N) is 1. The number of nitrogens with zero attached hydrogens (tertiary/aromatic N) is 1. The van der Waals surface area contributed by atoms with Crippen molar-refractivity contribution in [2.45, 2.75) is 19.3 Å². The minimum Gasteiger partial charge on any atom is -0.338 e. The van der Waals surface area contributed by atoms with E-state index in [1.54, 1.807) is 0 Å². The SMILES string of the molecule is Cc1ccc(-c2nc3ccc(C(F)(F)F)cc3[nH]2)c(C(F)(F)F)c1. The number of aryl methyl sites for hydroxylation is 1. The first kappa shape index (κ1) is 16.4. The van der Waals surface area contributed by atoms with Crippen LogP contribution in [0.25, 0.3) is 22.4 Å². The largest absolute Gasteiger partial charge is 0.417 e. The molecule has 0 unspecified atom stereocenters. The fourth-order valence-electron chi connectivity index (χ4n) is 2.41. The summed E-state index contributed by atoms with van der Waals surface area (Å²) in [5.74, 6) is -0.128. The van der Waals surface area contributed by atoms with Gasteiger partial charge in [0.05, 0.1) is 22.2 Å². The number of hydrogen-bond donors (Lipinski definition) is 1. The topological polar surface area (TPSA) is 28.7 Å². The molecule has 3 rings (SSSR count). The third-order valence-electron chi connectivity index (χ3n) is 3.54. The Kier molecular flexibility index (Phi) is 3.58. The van der Waals surface area contributed by atoms with Gasteiger partial charge < -0.3 is 4.98 Å². The van der Waals surface area contributed by atoms with Crippen molar-refractivity contribution in [3.05, 3.63) is 53.1 Å². The van der Waals surface area contributed by atoms with Crippen LogP contribution in [0.2, 0.25) is 0 Å². The molecule has 0 bridgehead atoms. The predicted octanol–water partition coefficient (Wildman–Crippen LogP) is 5.58. The fourth-order valence-corrected chi connectivity index (χ4v) is 2.41. The summed E-state index contributed by atoms with van der Waals surface area (Å²) in [7, 11) is 0. The third kappa shape index (κ3) is 2.95. The number of halogens is 6. The van der Waals surface area contributed by atoms with Gasteiger partial charge in [0.25, 0.3) is 0 Å². The lowest BCUT2D eigenvalue weighted by molar-refractivity contribution is -0.138. The van der Waals surface area contributed by atoms with E-state index in [1.807, 2.05) is 0 Å². The summed E-state index contributed by atoms with van der Waals surface area (Å²) < 4.78 is 77.8. The molecular weight excluding hydrogens is 334 g/mol. The summed E-state index contributed by atoms with van der Waals surface area (Å²) in [5.41, 5.74) is -1.40. The summed E-state index contributed by atoms with van der Waals surface area (Å²) in [6, 6.07) is 6.50. The van der Waals surface area contributed by atoms with Crippen LogP contribution in [0.5, 0.6) is 0 Å². The normalized spacial score (nSPS) is 12.8. The molecule has 0 aliphatic carbocycles. The number of fused-ring (bicyclic) bond motifs is 1. The third-order valence-corrected chi connectivity index (χ3v) is 3.54. The first-order valence-electron chi connectivity index (χ1n) is 6.81. The Labute approximate surface area is 132 Å². The second-order valence-electron chi connectivity index (χ2n) is 5.36. The van der Waals surface area contributed by atoms with Crippen LogP contribution in [0.1, 0.15) is 16.7 Å². The van der Waals surface area contributed by atoms with Gasteiger partial charge in [0.2, 0.25) is 0 Å². The summed E-state index contributed by atoms with van der Waals surface area (Å²) >= 11 is 0. The molecule has 0 aliphatic heterocycles. The number of benzene rings is 2. The number of aromatic nitrogens is 2. The number of aromatic amines is 1. The van der Waals surface area contributed by atoms with E-state index in [0.717, 1.165) is 24.3 Å². The zero-order chi connectivity index (χ0) is 17.7. The van der Waals surface area contributed by atoms with Crippen LogP contribution in [0.15, 0.2) is 36.4 Å². The molecule has 0 fully saturated rings. The van der Waals surface area contributed by atoms with Crippen LogP contribution in [-0.4, -0.2) is 9.97 Å². The molecule has 0 saturated heterocycles. The molecule has 0 atom stereocenters. The molecule has 1 N–H and O–H groups in total. The van der Waals surface area contributed by atoms with Crippen LogP contribution in [0.4, 0.5) is 26.3 Å². The monoisotopic (exact) mass is 344 g/mol. The highest BCUT2D eigenvalue weighted by molar-refractivity contribution is 5.81. The average molecular weight is 344 g/mol. The molecule has 0 spiro atoms. The lowest BCUT2D eigenvalue weighted by Crippen LogP contribution is -2.08. The van der Waals surface area contributed by atoms with Gasteiger partial charge in [-0.05, 0) is 31.2 Å². The number of rotatable bonds is 1. The molecule has 8 heteroatoms. The van der Waals surface area contributed by atoms with Gasteiger partial charge in [-0.25, -0.2) is 4.98 Å². The van der Waals surface area contributed by atoms with Crippen molar-refractivity contribution in [1.82, 2.24) is 9.97 Å². The second-order valence-corrected chi connectivity index (χ2v) is 5.36. The standard InChI is InChI=1S/C16H10F6N2/c1-8-2-4-10(11(6-8)16(20,21)22)14-23-12-5-3-9(15(17,18)19)7-13(12)24-14/h2-7H,1H3,(H,23,24). The lowest BCUT2D eigenvalue weighted by Gasteiger charge is -2.12. The predicted molar refractivity (Wildman–Crippen MR) is 76.3 cm³/mol. The van der Waals surface area contributed by atoms with Crippen molar-refractivity contribution in [3.63, 3.8) is 0 Å². The molecule has 1 aromatic heterocycles. The zero-order valence-electron chi connectivity index (χ0n) is 12.2. The molecule has 0 radical (unpaired) electrons. The molecule has 3 aromatic rings. The van der Waals surface area contributed by atoms with Crippen LogP contribution in [0.3, 0.4) is 0 Å². The van der Waals surface area contributed by atoms with Crippen molar-refractivity contribution in [1.29, 1.82) is 0 Å². The van der Waals surface area contributed by atoms with Crippen LogP contribution in [0, 0.1) is 6.92 Å². The number of imidazole rings is 1. The van der Waals surface area contributed by atoms with Crippen molar-refractivity contribution in [3.8, 4) is 11.4 Å². The van der Waals surface area contributed by atoms with Gasteiger partial charge in [-0.3, -0.25) is 0 Å². The van der Waals surface area contributed by atoms with Crippen LogP contribution >= 0.6 is 0 Å². The summed E-state index contributed by atoms with van der Waals surface area (Å²) in [6.07, 6.45) is -9.14. The first-order valence-corrected chi connectivity index (χ1v) is 6.81. The summed E-state index contributed by atoms with van der Waals surface area (Å²) in [4.78, 5) is 6.53. The van der Waals surface area contributed by atoms with Crippen molar-refractivity contribution < 1.29 is 26.3 Å². The summed E-state index contributed by atoms with van der Waals surface area (Å²) in [6.45, 7) is 1.52. The lowest BCUT2D eigenvalue weighted by atomic mass is 10.0. The molecule has 126 valence electrons. The van der Waals surface area contributed by atoms with Gasteiger partial charge in [-0.15, -0.1) is 0 Å². The molecule has 1 heterocycles. The highest BCUT2D eigenvalue weighted by atomic mass is 19.4. The van der Waals surface area contributed by atoms with Crippen LogP contribution < -0.4 is 0 Å². The van der Waals surface area contributed by atoms with E-state index >= 15 is 0 Å². The number of hydrogen-bond acceptors (Lipinski definition) is 1. The Hall–Kier alpha value is -2.51. The van der Waals surface area contributed by atoms with Crippen LogP contribution in [-0.2, 0) is 12.4 Å². The van der Waals surface area contributed by atoms with E-state index in [-0.39, 0.29) is 22.4 Å². The minimum atomic E-state index is -4.60. The van der Waals surface area contributed by atoms with E-state index < -0.39 is 23.5 Å². The maximum atomic E-state index is 13.2. The first-order chi connectivity index (χ1) is 11.1. The van der Waals surface area contributed by atoms with E-state index in [2.05, 4.69) is 9.97 Å². The second kappa shape index (κ2) is 5.25. The molecule has 2 aromatic carbocycles. The van der Waals surface area contributed by atoms with Crippen molar-refractivity contribution in [2.75, 3.05) is 0 Å². The molecular formula is C16H10F6N2. The average Bonchev–Trinajstić information content (AvgIpc) is 2.88. The van der Waals surface area contributed by atoms with E-state index in [9.17, 15) is 26.3 Å². The Balaban J connectivity index is 2.17. The Bertz CT molecular complexity index is 905. The zero-order valence-corrected chi connectivity index (χ0v) is 12.2. The fraction of sp³-hybridized carbons (Fsp3) is 0.188. The molecule has 0 aliphatic rings. The molecule has 24 heavy (non-hydrogen) atoms. The van der Waals surface area contributed by atoms with Gasteiger partial charge in [-0.2, -0.15) is 26.3 Å². The summed E-state index contributed by atoms with van der Waals surface area (Å²) in [5, 5.41) is 0. The highest BCUT2D eigenvalue weighted by Gasteiger charge is 2.35. The van der Waals surface area contributed by atoms with Gasteiger partial charge in [0.15, 0.2) is 0 Å². The van der Waals surface area contributed by atoms with E-state index in [0.29, 0.717) is 5.56 Å². The minimum absolute atomic E-state index is 0.0218. The number of H-pyrrole nitrogens is 1. The number of alkyl halides is 6. The Morgan fingerprint density at radius 3 is 2.21 bits per heavy atom. The quantitative estimate of drug-likeness (QED) is 0.574. The highest BCUT2D eigenvalue weighted by Crippen LogP contribution is 2.38. The Morgan fingerprint density at radius 2 is 1.58 bits per heavy atom. The van der Waals surface area contributed by atoms with Crippen molar-refractivity contribution >= 4 is 11.0 Å². The maximum absolute atomic E-state index is 13.2. The maximum Gasteiger partial charge on any atom is 0.417 e. The van der Waals surface area contributed by atoms with E-state index in [4.69, 9.17) is 0 Å². The Morgan fingerprint density at radius 1 is 0.875 bits per heavy atom. The van der Waals surface area contributed by atoms with Gasteiger partial charge >= 0.3 is 12.4 Å². The smallest absolute Gasteiger partial charge is 0.338 e. The van der Waals surface area contributed by atoms with E-state index in [1.165, 1.54) is 19.1 Å².